The van der Waals surface area contributed by atoms with E-state index in [1.165, 1.54) is 19.8 Å². The highest BCUT2D eigenvalue weighted by molar-refractivity contribution is 5.66. The van der Waals surface area contributed by atoms with Crippen LogP contribution in [0.5, 0.6) is 0 Å². The van der Waals surface area contributed by atoms with E-state index in [1.807, 2.05) is 27.7 Å². The van der Waals surface area contributed by atoms with Crippen molar-refractivity contribution in [3.05, 3.63) is 0 Å². The number of aliphatic hydroxyl groups excluding tert-OH is 2. The minimum absolute atomic E-state index is 0.0574. The predicted octanol–water partition coefficient (Wildman–Crippen LogP) is 5.19. The van der Waals surface area contributed by atoms with Crippen LogP contribution in [0.15, 0.2) is 0 Å². The van der Waals surface area contributed by atoms with E-state index in [4.69, 9.17) is 14.2 Å². The van der Waals surface area contributed by atoms with Crippen molar-refractivity contribution in [2.75, 3.05) is 0 Å². The highest BCUT2D eigenvalue weighted by Gasteiger charge is 2.69. The molecule has 0 spiro atoms. The quantitative estimate of drug-likeness (QED) is 0.405. The Balaban J connectivity index is 1.42. The fourth-order valence-corrected chi connectivity index (χ4v) is 10.8. The maximum atomic E-state index is 11.8. The molecule has 1 saturated heterocycles. The Morgan fingerprint density at radius 3 is 2.33 bits per heavy atom. The monoisotopic (exact) mass is 550 g/mol. The van der Waals surface area contributed by atoms with E-state index in [1.54, 1.807) is 6.92 Å². The molecule has 7 heteroatoms. The summed E-state index contributed by atoms with van der Waals surface area (Å²) in [6, 6.07) is 0. The SMILES string of the molecule is CC(=O)OC(C)(C)[C@H](C)C[C@H]1O[C@](C)(O)O[C@@]1(C)[C@H]1[C@@H](O)C[C@H]2[C@@H]3CC[C@H]4C[C@H](O)CC[C@]4(C)[C@H]3CC[C@@]21C. The lowest BCUT2D eigenvalue weighted by atomic mass is 9.44. The fraction of sp³-hybridized carbons (Fsp3) is 0.969. The summed E-state index contributed by atoms with van der Waals surface area (Å²) in [5, 5.41) is 33.2. The van der Waals surface area contributed by atoms with Crippen LogP contribution >= 0.6 is 0 Å². The van der Waals surface area contributed by atoms with Gasteiger partial charge in [0.1, 0.15) is 11.2 Å². The van der Waals surface area contributed by atoms with E-state index < -0.39 is 29.4 Å². The number of hydrogen-bond donors (Lipinski definition) is 3. The highest BCUT2D eigenvalue weighted by atomic mass is 16.9. The molecule has 4 aliphatic carbocycles. The first kappa shape index (κ1) is 29.8. The molecule has 1 aliphatic heterocycles. The molecule has 0 unspecified atom stereocenters. The number of carbonyl (C=O) groups excluding carboxylic acids is 1. The van der Waals surface area contributed by atoms with E-state index in [0.29, 0.717) is 30.1 Å². The van der Waals surface area contributed by atoms with Gasteiger partial charge in [0, 0.05) is 19.8 Å². The second-order valence-electron chi connectivity index (χ2n) is 15.5. The third-order valence-electron chi connectivity index (χ3n) is 12.9. The van der Waals surface area contributed by atoms with Crippen molar-refractivity contribution >= 4 is 5.97 Å². The Bertz CT molecular complexity index is 949. The maximum absolute atomic E-state index is 11.8. The van der Waals surface area contributed by atoms with Crippen molar-refractivity contribution in [2.45, 2.75) is 149 Å². The molecule has 0 aromatic carbocycles. The summed E-state index contributed by atoms with van der Waals surface area (Å²) in [4.78, 5) is 11.8. The summed E-state index contributed by atoms with van der Waals surface area (Å²) in [5.74, 6) is -0.127. The van der Waals surface area contributed by atoms with Crippen LogP contribution in [0.25, 0.3) is 0 Å². The van der Waals surface area contributed by atoms with E-state index >= 15 is 0 Å². The molecule has 5 fully saturated rings. The van der Waals surface area contributed by atoms with Gasteiger partial charge in [0.05, 0.1) is 18.3 Å². The molecule has 0 aromatic rings. The Hall–Kier alpha value is -0.730. The van der Waals surface area contributed by atoms with Crippen LogP contribution in [0, 0.1) is 46.3 Å². The molecule has 0 amide bonds. The van der Waals surface area contributed by atoms with Gasteiger partial charge in [0.2, 0.25) is 0 Å². The Labute approximate surface area is 235 Å². The van der Waals surface area contributed by atoms with Crippen LogP contribution < -0.4 is 0 Å². The lowest BCUT2D eigenvalue weighted by molar-refractivity contribution is -0.319. The second kappa shape index (κ2) is 9.65. The van der Waals surface area contributed by atoms with E-state index in [2.05, 4.69) is 13.8 Å². The Kier molecular flexibility index (Phi) is 7.36. The lowest BCUT2D eigenvalue weighted by Crippen LogP contribution is -2.58. The molecule has 224 valence electrons. The van der Waals surface area contributed by atoms with Gasteiger partial charge in [-0.1, -0.05) is 20.8 Å². The smallest absolute Gasteiger partial charge is 0.303 e. The molecule has 3 N–H and O–H groups in total. The van der Waals surface area contributed by atoms with Gasteiger partial charge in [-0.25, -0.2) is 0 Å². The summed E-state index contributed by atoms with van der Waals surface area (Å²) < 4.78 is 18.2. The van der Waals surface area contributed by atoms with Crippen LogP contribution in [-0.4, -0.2) is 56.8 Å². The number of carbonyl (C=O) groups is 1. The van der Waals surface area contributed by atoms with Crippen LogP contribution in [0.3, 0.4) is 0 Å². The van der Waals surface area contributed by atoms with Crippen molar-refractivity contribution in [2.24, 2.45) is 46.3 Å². The summed E-state index contributed by atoms with van der Waals surface area (Å²) in [6.45, 7) is 15.7. The minimum Gasteiger partial charge on any atom is -0.460 e. The van der Waals surface area contributed by atoms with Crippen molar-refractivity contribution in [1.82, 2.24) is 0 Å². The standard InChI is InChI=1S/C32H54O7/c1-18(28(3,4)37-19(2)33)15-26-31(7,39-32(8,36)38-26)27-25(35)17-24-22-10-9-20-16-21(34)11-13-29(20,5)23(22)12-14-30(24,27)6/h18,20-27,34-36H,9-17H2,1-8H3/t18-,20+,21-,22-,23+,24+,25+,26-,27+,29+,30+,31-,32+/m1/s1. The van der Waals surface area contributed by atoms with Gasteiger partial charge in [-0.05, 0) is 119 Å². The second-order valence-corrected chi connectivity index (χ2v) is 15.5. The van der Waals surface area contributed by atoms with E-state index in [-0.39, 0.29) is 34.7 Å². The molecule has 0 bridgehead atoms. The summed E-state index contributed by atoms with van der Waals surface area (Å²) >= 11 is 0. The van der Waals surface area contributed by atoms with Crippen LogP contribution in [0.1, 0.15) is 113 Å². The predicted molar refractivity (Wildman–Crippen MR) is 147 cm³/mol. The number of hydrogen-bond acceptors (Lipinski definition) is 7. The number of ether oxygens (including phenoxy) is 3. The Morgan fingerprint density at radius 2 is 1.67 bits per heavy atom. The van der Waals surface area contributed by atoms with Crippen molar-refractivity contribution in [3.8, 4) is 0 Å². The van der Waals surface area contributed by atoms with Crippen LogP contribution in [-0.2, 0) is 19.0 Å². The third-order valence-corrected chi connectivity index (χ3v) is 12.9. The first-order valence-corrected chi connectivity index (χ1v) is 15.6. The number of aliphatic hydroxyl groups is 3. The van der Waals surface area contributed by atoms with E-state index in [0.717, 1.165) is 38.5 Å². The van der Waals surface area contributed by atoms with Gasteiger partial charge in [0.25, 0.3) is 5.97 Å². The zero-order chi connectivity index (χ0) is 28.8. The zero-order valence-electron chi connectivity index (χ0n) is 25.5. The van der Waals surface area contributed by atoms with Gasteiger partial charge in [0.15, 0.2) is 0 Å². The zero-order valence-corrected chi connectivity index (χ0v) is 25.5. The van der Waals surface area contributed by atoms with Crippen LogP contribution in [0.2, 0.25) is 0 Å². The third kappa shape index (κ3) is 4.80. The van der Waals surface area contributed by atoms with Gasteiger partial charge in [-0.2, -0.15) is 0 Å². The van der Waals surface area contributed by atoms with Gasteiger partial charge < -0.3 is 29.5 Å². The van der Waals surface area contributed by atoms with E-state index in [9.17, 15) is 20.1 Å². The number of rotatable bonds is 5. The highest BCUT2D eigenvalue weighted by Crippen LogP contribution is 2.69. The summed E-state index contributed by atoms with van der Waals surface area (Å²) in [5.41, 5.74) is -1.46. The largest absolute Gasteiger partial charge is 0.460 e. The maximum Gasteiger partial charge on any atom is 0.303 e. The molecular formula is C32H54O7. The molecule has 7 nitrogen and oxygen atoms in total. The number of fused-ring (bicyclic) bond motifs is 5. The molecule has 39 heavy (non-hydrogen) atoms. The molecule has 5 rings (SSSR count). The first-order valence-electron chi connectivity index (χ1n) is 15.6. The fourth-order valence-electron chi connectivity index (χ4n) is 10.8. The minimum atomic E-state index is -1.75. The Morgan fingerprint density at radius 1 is 1.00 bits per heavy atom. The topological polar surface area (TPSA) is 105 Å². The van der Waals surface area contributed by atoms with Gasteiger partial charge >= 0.3 is 5.97 Å². The molecule has 4 saturated carbocycles. The van der Waals surface area contributed by atoms with Gasteiger partial charge in [-0.15, -0.1) is 0 Å². The van der Waals surface area contributed by atoms with Crippen LogP contribution in [0.4, 0.5) is 0 Å². The average Bonchev–Trinajstić information content (AvgIpc) is 3.20. The molecule has 0 radical (unpaired) electrons. The number of esters is 1. The summed E-state index contributed by atoms with van der Waals surface area (Å²) in [7, 11) is 0. The van der Waals surface area contributed by atoms with Gasteiger partial charge in [-0.3, -0.25) is 4.79 Å². The lowest BCUT2D eigenvalue weighted by Gasteiger charge is -2.61. The first-order chi connectivity index (χ1) is 17.9. The molecular weight excluding hydrogens is 496 g/mol. The summed E-state index contributed by atoms with van der Waals surface area (Å²) in [6.07, 6.45) is 7.58. The average molecular weight is 551 g/mol. The van der Waals surface area contributed by atoms with Crippen molar-refractivity contribution in [1.29, 1.82) is 0 Å². The normalized spacial score (nSPS) is 52.5. The molecule has 1 heterocycles. The molecule has 5 aliphatic rings. The van der Waals surface area contributed by atoms with Crippen molar-refractivity contribution < 1.29 is 34.3 Å². The van der Waals surface area contributed by atoms with Crippen molar-refractivity contribution in [3.63, 3.8) is 0 Å². The molecule has 13 atom stereocenters. The molecule has 0 aromatic heterocycles.